The summed E-state index contributed by atoms with van der Waals surface area (Å²) >= 11 is 0. The van der Waals surface area contributed by atoms with Gasteiger partial charge in [-0.3, -0.25) is 33.6 Å². The normalized spacial score (nSPS) is 21.2. The van der Waals surface area contributed by atoms with Gasteiger partial charge >= 0.3 is 5.97 Å². The first-order chi connectivity index (χ1) is 27.9. The average molecular weight is 818 g/mol. The molecule has 3 rings (SSSR count). The third-order valence-electron chi connectivity index (χ3n) is 9.62. The number of carbonyl (C=O) groups excluding carboxylic acids is 8. The van der Waals surface area contributed by atoms with Crippen LogP contribution in [0, 0.1) is 11.8 Å². The predicted octanol–water partition coefficient (Wildman–Crippen LogP) is 1.48. The molecule has 1 saturated heterocycles. The van der Waals surface area contributed by atoms with Crippen LogP contribution in [0.15, 0.2) is 72.4 Å². The largest absolute Gasteiger partial charge is 0.455 e. The summed E-state index contributed by atoms with van der Waals surface area (Å²) in [6.07, 6.45) is 0.379. The minimum absolute atomic E-state index is 0.0455. The first-order valence-electron chi connectivity index (χ1n) is 20.0. The van der Waals surface area contributed by atoms with Crippen LogP contribution in [0.3, 0.4) is 0 Å². The highest BCUT2D eigenvalue weighted by molar-refractivity contribution is 6.00. The molecule has 0 bridgehead atoms. The van der Waals surface area contributed by atoms with Gasteiger partial charge in [-0.1, -0.05) is 101 Å². The van der Waals surface area contributed by atoms with Crippen molar-refractivity contribution < 1.29 is 43.1 Å². The summed E-state index contributed by atoms with van der Waals surface area (Å²) in [7, 11) is 0. The Labute approximate surface area is 345 Å². The molecule has 320 valence electrons. The van der Waals surface area contributed by atoms with Gasteiger partial charge < -0.3 is 42.0 Å². The molecule has 7 amide bonds. The van der Waals surface area contributed by atoms with E-state index in [1.165, 1.54) is 26.8 Å². The van der Waals surface area contributed by atoms with E-state index in [4.69, 9.17) is 4.74 Å². The molecule has 1 aliphatic heterocycles. The molecule has 1 fully saturated rings. The second kappa shape index (κ2) is 22.8. The van der Waals surface area contributed by atoms with Crippen LogP contribution in [0.5, 0.6) is 0 Å². The number of hydrogen-bond acceptors (Lipinski definition) is 9. The van der Waals surface area contributed by atoms with E-state index in [9.17, 15) is 38.4 Å². The van der Waals surface area contributed by atoms with E-state index in [0.29, 0.717) is 5.56 Å². The third kappa shape index (κ3) is 14.7. The first kappa shape index (κ1) is 47.3. The van der Waals surface area contributed by atoms with E-state index in [2.05, 4.69) is 37.2 Å². The Bertz CT molecular complexity index is 1830. The van der Waals surface area contributed by atoms with Crippen LogP contribution in [0.25, 0.3) is 0 Å². The van der Waals surface area contributed by atoms with Crippen molar-refractivity contribution in [2.24, 2.45) is 11.8 Å². The Balaban J connectivity index is 1.98. The molecule has 16 nitrogen and oxygen atoms in total. The number of ether oxygens (including phenoxy) is 1. The van der Waals surface area contributed by atoms with Gasteiger partial charge in [-0.05, 0) is 50.2 Å². The van der Waals surface area contributed by atoms with E-state index in [-0.39, 0.29) is 43.2 Å². The molecular weight excluding hydrogens is 759 g/mol. The van der Waals surface area contributed by atoms with Gasteiger partial charge in [-0.15, -0.1) is 0 Å². The average Bonchev–Trinajstić information content (AvgIpc) is 3.19. The summed E-state index contributed by atoms with van der Waals surface area (Å²) < 4.78 is 5.60. The monoisotopic (exact) mass is 817 g/mol. The van der Waals surface area contributed by atoms with Crippen molar-refractivity contribution in [1.29, 1.82) is 0 Å². The van der Waals surface area contributed by atoms with Gasteiger partial charge in [-0.2, -0.15) is 0 Å². The number of hydrogen-bond donors (Lipinski definition) is 7. The van der Waals surface area contributed by atoms with Crippen LogP contribution in [0.2, 0.25) is 0 Å². The van der Waals surface area contributed by atoms with Gasteiger partial charge in [0, 0.05) is 19.3 Å². The molecular formula is C43H59N7O9. The lowest BCUT2D eigenvalue weighted by molar-refractivity contribution is -0.149. The van der Waals surface area contributed by atoms with Gasteiger partial charge in [0.15, 0.2) is 0 Å². The predicted molar refractivity (Wildman–Crippen MR) is 220 cm³/mol. The van der Waals surface area contributed by atoms with E-state index >= 15 is 0 Å². The lowest BCUT2D eigenvalue weighted by atomic mass is 9.99. The van der Waals surface area contributed by atoms with Crippen LogP contribution in [0.1, 0.15) is 79.4 Å². The topological polar surface area (TPSA) is 230 Å². The van der Waals surface area contributed by atoms with Gasteiger partial charge in [0.1, 0.15) is 48.1 Å². The number of rotatable bonds is 15. The summed E-state index contributed by atoms with van der Waals surface area (Å²) in [5.41, 5.74) is 1.20. The Morgan fingerprint density at radius 3 is 1.75 bits per heavy atom. The fourth-order valence-electron chi connectivity index (χ4n) is 6.24. The number of benzene rings is 2. The van der Waals surface area contributed by atoms with Crippen LogP contribution in [-0.2, 0) is 55.9 Å². The van der Waals surface area contributed by atoms with Crippen molar-refractivity contribution >= 4 is 47.3 Å². The van der Waals surface area contributed by atoms with Gasteiger partial charge in [0.05, 0.1) is 0 Å². The zero-order valence-corrected chi connectivity index (χ0v) is 35.0. The Morgan fingerprint density at radius 2 is 1.24 bits per heavy atom. The summed E-state index contributed by atoms with van der Waals surface area (Å²) in [6.45, 7) is 13.0. The van der Waals surface area contributed by atoms with Gasteiger partial charge in [-0.25, -0.2) is 4.79 Å². The number of amides is 7. The number of carbonyl (C=O) groups is 8. The van der Waals surface area contributed by atoms with Crippen molar-refractivity contribution in [3.05, 3.63) is 83.6 Å². The van der Waals surface area contributed by atoms with E-state index in [1.54, 1.807) is 51.1 Å². The van der Waals surface area contributed by atoms with Crippen molar-refractivity contribution in [2.45, 2.75) is 123 Å². The van der Waals surface area contributed by atoms with Crippen LogP contribution < -0.4 is 37.2 Å². The summed E-state index contributed by atoms with van der Waals surface area (Å²) in [5, 5.41) is 18.6. The Morgan fingerprint density at radius 1 is 0.712 bits per heavy atom. The molecule has 0 saturated carbocycles. The summed E-state index contributed by atoms with van der Waals surface area (Å²) in [6, 6.07) is 10.6. The minimum Gasteiger partial charge on any atom is -0.455 e. The number of esters is 1. The Hall–Kier alpha value is -6.06. The van der Waals surface area contributed by atoms with Crippen molar-refractivity contribution in [3.63, 3.8) is 0 Å². The van der Waals surface area contributed by atoms with Gasteiger partial charge in [0.25, 0.3) is 0 Å². The molecule has 0 aromatic heterocycles. The molecule has 16 heteroatoms. The lowest BCUT2D eigenvalue weighted by Gasteiger charge is -2.30. The molecule has 1 heterocycles. The van der Waals surface area contributed by atoms with Crippen molar-refractivity contribution in [1.82, 2.24) is 37.2 Å². The fraction of sp³-hybridized carbons (Fsp3) is 0.488. The molecule has 0 spiro atoms. The fourth-order valence-corrected chi connectivity index (χ4v) is 6.24. The maximum atomic E-state index is 14.3. The van der Waals surface area contributed by atoms with Crippen molar-refractivity contribution in [3.8, 4) is 0 Å². The van der Waals surface area contributed by atoms with E-state index in [0.717, 1.165) is 5.56 Å². The number of nitrogens with one attached hydrogen (secondary N) is 7. The highest BCUT2D eigenvalue weighted by Gasteiger charge is 2.38. The molecule has 2 aromatic carbocycles. The molecule has 2 aromatic rings. The quantitative estimate of drug-likeness (QED) is 0.102. The first-order valence-corrected chi connectivity index (χ1v) is 20.0. The lowest BCUT2D eigenvalue weighted by Crippen LogP contribution is -2.62. The molecule has 0 radical (unpaired) electrons. The van der Waals surface area contributed by atoms with Crippen molar-refractivity contribution in [2.75, 3.05) is 0 Å². The summed E-state index contributed by atoms with van der Waals surface area (Å²) in [5.74, 6) is -6.26. The maximum absolute atomic E-state index is 14.3. The molecule has 1 aliphatic rings. The number of allylic oxidation sites excluding steroid dienone is 1. The zero-order chi connectivity index (χ0) is 43.8. The molecule has 7 atom stereocenters. The highest BCUT2D eigenvalue weighted by atomic mass is 16.5. The molecule has 0 aliphatic carbocycles. The molecule has 59 heavy (non-hydrogen) atoms. The maximum Gasteiger partial charge on any atom is 0.354 e. The second-order valence-corrected chi connectivity index (χ2v) is 15.4. The molecule has 7 N–H and O–H groups in total. The Kier molecular flexibility index (Phi) is 18.3. The van der Waals surface area contributed by atoms with Crippen LogP contribution in [-0.4, -0.2) is 89.7 Å². The smallest absolute Gasteiger partial charge is 0.354 e. The van der Waals surface area contributed by atoms with Gasteiger partial charge in [0.2, 0.25) is 41.4 Å². The third-order valence-corrected chi connectivity index (χ3v) is 9.62. The van der Waals surface area contributed by atoms with Crippen LogP contribution >= 0.6 is 0 Å². The van der Waals surface area contributed by atoms with E-state index in [1.807, 2.05) is 44.2 Å². The standard InChI is InChI=1S/C43H59N7O9/c1-9-30-43(58)59-27(8)36(42(57)49-35(25(5)6)41(56)44-26(7)37(52)46-30)50-40(55)33(23-29-19-15-12-16-20-29)48-38(53)31(21-24(3)4)47-39(54)32(45-34(51)10-2)22-28-17-13-11-14-18-28/h9,11-20,24-27,31-33,35-36H,10,21-23H2,1-8H3,(H,44,56)(H,45,51)(H,46,52)(H,47,54)(H,48,53)(H,49,57)(H,50,55)/b30-9-/t26-,27?,31-,32-,33-,35-,36-/m0/s1. The summed E-state index contributed by atoms with van der Waals surface area (Å²) in [4.78, 5) is 108. The highest BCUT2D eigenvalue weighted by Crippen LogP contribution is 2.13. The zero-order valence-electron chi connectivity index (χ0n) is 35.0. The van der Waals surface area contributed by atoms with E-state index < -0.39 is 89.7 Å². The van der Waals surface area contributed by atoms with Crippen LogP contribution in [0.4, 0.5) is 0 Å². The minimum atomic E-state index is -1.59. The SMILES string of the molecule is C/C=C1\NC(=O)[C@H](C)NC(=O)[C@H](C(C)C)NC(=O)[C@@H](NC(=O)[C@H](Cc2ccccc2)NC(=O)[C@H](CC(C)C)NC(=O)[C@H](Cc2ccccc2)NC(=O)CC)C(C)OC1=O. The molecule has 1 unspecified atom stereocenters. The second-order valence-electron chi connectivity index (χ2n) is 15.4. The number of cyclic esters (lactones) is 1.